The van der Waals surface area contributed by atoms with Crippen LogP contribution in [0.2, 0.25) is 5.02 Å². The summed E-state index contributed by atoms with van der Waals surface area (Å²) in [5.74, 6) is 0.636. The Morgan fingerprint density at radius 1 is 1.33 bits per heavy atom. The monoisotopic (exact) mass is 259 g/mol. The minimum Gasteiger partial charge on any atom is -0.484 e. The van der Waals surface area contributed by atoms with E-state index < -0.39 is 0 Å². The molecule has 0 saturated heterocycles. The van der Waals surface area contributed by atoms with Crippen molar-refractivity contribution in [3.63, 3.8) is 0 Å². The molecular weight excluding hydrogens is 250 g/mol. The number of nitrogens with zero attached hydrogens (tertiary/aromatic N) is 1. The van der Waals surface area contributed by atoms with E-state index in [9.17, 15) is 4.79 Å². The summed E-state index contributed by atoms with van der Waals surface area (Å²) in [6.07, 6.45) is 3.47. The Balaban J connectivity index is 1.97. The average Bonchev–Trinajstić information content (AvgIpc) is 2.40. The van der Waals surface area contributed by atoms with Crippen LogP contribution in [-0.2, 0) is 0 Å². The Hall–Kier alpha value is -1.87. The first kappa shape index (κ1) is 11.2. The highest BCUT2D eigenvalue weighted by atomic mass is 35.5. The number of Topliss-reactive ketones (excluding diaryl/α,β-unsaturated/α-hetero) is 1. The van der Waals surface area contributed by atoms with Crippen molar-refractivity contribution in [3.8, 4) is 5.75 Å². The normalized spacial score (nSPS) is 18.1. The van der Waals surface area contributed by atoms with Gasteiger partial charge >= 0.3 is 0 Å². The van der Waals surface area contributed by atoms with Gasteiger partial charge in [-0.25, -0.2) is 0 Å². The van der Waals surface area contributed by atoms with E-state index in [1.807, 2.05) is 12.1 Å². The van der Waals surface area contributed by atoms with Crippen molar-refractivity contribution in [2.24, 2.45) is 0 Å². The molecule has 0 spiro atoms. The summed E-state index contributed by atoms with van der Waals surface area (Å²) < 4.78 is 5.82. The van der Waals surface area contributed by atoms with Crippen molar-refractivity contribution in [1.82, 2.24) is 4.98 Å². The van der Waals surface area contributed by atoms with Gasteiger partial charge in [0.1, 0.15) is 11.9 Å². The lowest BCUT2D eigenvalue weighted by atomic mass is 9.97. The number of halogens is 1. The average molecular weight is 260 g/mol. The van der Waals surface area contributed by atoms with Crippen LogP contribution in [-0.4, -0.2) is 10.8 Å². The highest BCUT2D eigenvalue weighted by molar-refractivity contribution is 6.31. The van der Waals surface area contributed by atoms with Crippen molar-refractivity contribution in [2.75, 3.05) is 0 Å². The van der Waals surface area contributed by atoms with Crippen LogP contribution in [0.5, 0.6) is 5.75 Å². The topological polar surface area (TPSA) is 39.2 Å². The molecule has 0 saturated carbocycles. The molecule has 2 heterocycles. The maximum atomic E-state index is 12.1. The number of benzene rings is 1. The van der Waals surface area contributed by atoms with Crippen molar-refractivity contribution in [3.05, 3.63) is 58.9 Å². The van der Waals surface area contributed by atoms with E-state index >= 15 is 0 Å². The number of ether oxygens (including phenoxy) is 1. The molecule has 0 unspecified atom stereocenters. The zero-order chi connectivity index (χ0) is 12.5. The van der Waals surface area contributed by atoms with Crippen LogP contribution >= 0.6 is 11.6 Å². The zero-order valence-electron chi connectivity index (χ0n) is 9.47. The fourth-order valence-corrected chi connectivity index (χ4v) is 2.22. The summed E-state index contributed by atoms with van der Waals surface area (Å²) >= 11 is 5.88. The molecule has 18 heavy (non-hydrogen) atoms. The summed E-state index contributed by atoms with van der Waals surface area (Å²) in [7, 11) is 0. The second-order valence-electron chi connectivity index (χ2n) is 4.16. The number of rotatable bonds is 1. The Morgan fingerprint density at radius 2 is 2.22 bits per heavy atom. The highest BCUT2D eigenvalue weighted by Crippen LogP contribution is 2.35. The minimum atomic E-state index is -0.264. The quantitative estimate of drug-likeness (QED) is 0.787. The molecule has 0 amide bonds. The number of aromatic nitrogens is 1. The zero-order valence-corrected chi connectivity index (χ0v) is 10.2. The maximum Gasteiger partial charge on any atom is 0.170 e. The van der Waals surface area contributed by atoms with Crippen LogP contribution < -0.4 is 4.74 Å². The molecule has 0 N–H and O–H groups in total. The lowest BCUT2D eigenvalue weighted by molar-refractivity contribution is 0.0850. The molecule has 0 aliphatic carbocycles. The van der Waals surface area contributed by atoms with Gasteiger partial charge in [0.2, 0.25) is 0 Å². The molecule has 0 bridgehead atoms. The first-order valence-corrected chi connectivity index (χ1v) is 6.01. The predicted octanol–water partition coefficient (Wildman–Crippen LogP) is 3.44. The molecule has 1 aromatic carbocycles. The largest absolute Gasteiger partial charge is 0.484 e. The van der Waals surface area contributed by atoms with E-state index in [1.54, 1.807) is 30.6 Å². The molecule has 3 rings (SSSR count). The number of fused-ring (bicyclic) bond motifs is 1. The van der Waals surface area contributed by atoms with E-state index in [4.69, 9.17) is 16.3 Å². The van der Waals surface area contributed by atoms with Crippen LogP contribution in [0.4, 0.5) is 0 Å². The number of carbonyl (C=O) groups excluding carboxylic acids is 1. The Bertz CT molecular complexity index is 598. The molecule has 1 atom stereocenters. The lowest BCUT2D eigenvalue weighted by Gasteiger charge is -2.25. The predicted molar refractivity (Wildman–Crippen MR) is 68.0 cm³/mol. The van der Waals surface area contributed by atoms with Crippen LogP contribution in [0.25, 0.3) is 0 Å². The second-order valence-corrected chi connectivity index (χ2v) is 4.60. The van der Waals surface area contributed by atoms with Gasteiger partial charge in [-0.3, -0.25) is 9.78 Å². The number of hydrogen-bond donors (Lipinski definition) is 0. The van der Waals surface area contributed by atoms with Gasteiger partial charge < -0.3 is 4.74 Å². The number of hydrogen-bond acceptors (Lipinski definition) is 3. The Labute approximate surface area is 109 Å². The minimum absolute atomic E-state index is 0.0487. The number of pyridine rings is 1. The van der Waals surface area contributed by atoms with E-state index in [0.717, 1.165) is 5.56 Å². The van der Waals surface area contributed by atoms with Gasteiger partial charge in [0.05, 0.1) is 12.0 Å². The summed E-state index contributed by atoms with van der Waals surface area (Å²) in [6, 6.07) is 8.85. The maximum absolute atomic E-state index is 12.1. The van der Waals surface area contributed by atoms with Crippen LogP contribution in [0.1, 0.15) is 28.4 Å². The first-order valence-electron chi connectivity index (χ1n) is 5.63. The summed E-state index contributed by atoms with van der Waals surface area (Å²) in [5, 5.41) is 0.547. The van der Waals surface area contributed by atoms with Crippen molar-refractivity contribution in [1.29, 1.82) is 0 Å². The van der Waals surface area contributed by atoms with Gasteiger partial charge in [0.25, 0.3) is 0 Å². The van der Waals surface area contributed by atoms with Crippen molar-refractivity contribution < 1.29 is 9.53 Å². The van der Waals surface area contributed by atoms with Gasteiger partial charge in [-0.15, -0.1) is 0 Å². The molecule has 0 fully saturated rings. The summed E-state index contributed by atoms with van der Waals surface area (Å²) in [5.41, 5.74) is 1.47. The van der Waals surface area contributed by atoms with Crippen LogP contribution in [0.3, 0.4) is 0 Å². The molecule has 0 radical (unpaired) electrons. The first-order chi connectivity index (χ1) is 8.74. The lowest BCUT2D eigenvalue weighted by Crippen LogP contribution is -2.20. The number of carbonyl (C=O) groups is 1. The molecule has 1 aliphatic heterocycles. The highest BCUT2D eigenvalue weighted by Gasteiger charge is 2.27. The standard InChI is InChI=1S/C14H10ClNO2/c15-10-3-4-13-11(6-10)12(17)7-14(18-13)9-2-1-5-16-8-9/h1-6,8,14H,7H2/t14-/m1/s1. The summed E-state index contributed by atoms with van der Waals surface area (Å²) in [4.78, 5) is 16.1. The molecule has 90 valence electrons. The second kappa shape index (κ2) is 4.42. The molecule has 1 aliphatic rings. The van der Waals surface area contributed by atoms with E-state index in [1.165, 1.54) is 0 Å². The Morgan fingerprint density at radius 3 is 3.00 bits per heavy atom. The molecular formula is C14H10ClNO2. The van der Waals surface area contributed by atoms with Gasteiger partial charge in [-0.2, -0.15) is 0 Å². The van der Waals surface area contributed by atoms with Gasteiger partial charge in [0.15, 0.2) is 5.78 Å². The smallest absolute Gasteiger partial charge is 0.170 e. The Kier molecular flexibility index (Phi) is 2.76. The third kappa shape index (κ3) is 1.97. The SMILES string of the molecule is O=C1C[C@H](c2cccnc2)Oc2ccc(Cl)cc21. The van der Waals surface area contributed by atoms with E-state index in [-0.39, 0.29) is 11.9 Å². The van der Waals surface area contributed by atoms with Crippen LogP contribution in [0.15, 0.2) is 42.7 Å². The van der Waals surface area contributed by atoms with Crippen molar-refractivity contribution >= 4 is 17.4 Å². The fraction of sp³-hybridized carbons (Fsp3) is 0.143. The molecule has 4 heteroatoms. The molecule has 3 nitrogen and oxygen atoms in total. The van der Waals surface area contributed by atoms with Gasteiger partial charge in [-0.05, 0) is 24.3 Å². The van der Waals surface area contributed by atoms with Crippen LogP contribution in [0, 0.1) is 0 Å². The van der Waals surface area contributed by atoms with Crippen molar-refractivity contribution in [2.45, 2.75) is 12.5 Å². The van der Waals surface area contributed by atoms with Gasteiger partial charge in [0, 0.05) is 23.0 Å². The molecule has 2 aromatic rings. The third-order valence-electron chi connectivity index (χ3n) is 2.94. The number of ketones is 1. The van der Waals surface area contributed by atoms with E-state index in [2.05, 4.69) is 4.98 Å². The molecule has 1 aromatic heterocycles. The summed E-state index contributed by atoms with van der Waals surface area (Å²) in [6.45, 7) is 0. The van der Waals surface area contributed by atoms with Gasteiger partial charge in [-0.1, -0.05) is 17.7 Å². The fourth-order valence-electron chi connectivity index (χ4n) is 2.05. The van der Waals surface area contributed by atoms with E-state index in [0.29, 0.717) is 22.8 Å². The third-order valence-corrected chi connectivity index (χ3v) is 3.17.